The third-order valence-corrected chi connectivity index (χ3v) is 8.75. The molecule has 0 atom stereocenters. The lowest BCUT2D eigenvalue weighted by molar-refractivity contribution is -0.0205. The van der Waals surface area contributed by atoms with Crippen molar-refractivity contribution in [2.75, 3.05) is 0 Å². The summed E-state index contributed by atoms with van der Waals surface area (Å²) in [5, 5.41) is 2.46. The number of aliphatic imine (C=N–C) groups is 1. The molecule has 3 saturated carbocycles. The van der Waals surface area contributed by atoms with Gasteiger partial charge in [0.1, 0.15) is 0 Å². The highest BCUT2D eigenvalue weighted by Gasteiger charge is 2.47. The molecule has 0 amide bonds. The van der Waals surface area contributed by atoms with Crippen molar-refractivity contribution in [3.8, 4) is 11.1 Å². The number of aryl methyl sites for hydroxylation is 1. The van der Waals surface area contributed by atoms with Crippen molar-refractivity contribution >= 4 is 23.1 Å². The van der Waals surface area contributed by atoms with Gasteiger partial charge in [0.05, 0.1) is 10.8 Å². The molecule has 2 aromatic carbocycles. The fourth-order valence-corrected chi connectivity index (χ4v) is 6.49. The average molecular weight is 446 g/mol. The Labute approximate surface area is 200 Å². The van der Waals surface area contributed by atoms with Crippen molar-refractivity contribution in [2.24, 2.45) is 15.8 Å². The number of unbranched alkanes of at least 4 members (excludes halogenated alkanes) is 4. The maximum atomic E-state index is 4.73. The monoisotopic (exact) mass is 445 g/mol. The number of fused-ring (bicyclic) bond motifs is 3. The minimum atomic E-state index is 0.606. The Kier molecular flexibility index (Phi) is 7.98. The lowest BCUT2D eigenvalue weighted by atomic mass is 9.51. The van der Waals surface area contributed by atoms with E-state index in [-0.39, 0.29) is 0 Å². The largest absolute Gasteiger partial charge is 0.195 e. The second-order valence-electron chi connectivity index (χ2n) is 10.6. The minimum Gasteiger partial charge on any atom is -0.195 e. The zero-order chi connectivity index (χ0) is 22.3. The van der Waals surface area contributed by atoms with Gasteiger partial charge in [-0.15, -0.1) is 0 Å². The summed E-state index contributed by atoms with van der Waals surface area (Å²) in [5.41, 5.74) is 6.32. The van der Waals surface area contributed by atoms with Crippen LogP contribution in [0, 0.1) is 10.8 Å². The third-order valence-electron chi connectivity index (χ3n) is 8.66. The number of isothiocyanates is 1. The molecule has 32 heavy (non-hydrogen) atoms. The van der Waals surface area contributed by atoms with Crippen LogP contribution < -0.4 is 0 Å². The van der Waals surface area contributed by atoms with Gasteiger partial charge in [-0.05, 0) is 110 Å². The number of benzene rings is 2. The lowest BCUT2D eigenvalue weighted by Crippen LogP contribution is -2.41. The molecule has 2 bridgehead atoms. The zero-order valence-corrected chi connectivity index (χ0v) is 20.7. The quantitative estimate of drug-likeness (QED) is 0.190. The molecule has 5 rings (SSSR count). The van der Waals surface area contributed by atoms with Gasteiger partial charge in [0, 0.05) is 0 Å². The fraction of sp³-hybridized carbons (Fsp3) is 0.567. The van der Waals surface area contributed by atoms with Crippen LogP contribution in [-0.4, -0.2) is 5.16 Å². The van der Waals surface area contributed by atoms with Crippen LogP contribution >= 0.6 is 12.2 Å². The van der Waals surface area contributed by atoms with E-state index in [2.05, 4.69) is 53.5 Å². The molecule has 2 aromatic rings. The normalized spacial score (nSPS) is 24.3. The summed E-state index contributed by atoms with van der Waals surface area (Å²) in [6.45, 7) is 2.31. The van der Waals surface area contributed by atoms with Crippen LogP contribution in [0.4, 0.5) is 5.69 Å². The highest BCUT2D eigenvalue weighted by Crippen LogP contribution is 2.60. The molecule has 0 spiro atoms. The van der Waals surface area contributed by atoms with E-state index < -0.39 is 0 Å². The summed E-state index contributed by atoms with van der Waals surface area (Å²) in [6.07, 6.45) is 20.1. The predicted octanol–water partition coefficient (Wildman–Crippen LogP) is 9.72. The van der Waals surface area contributed by atoms with E-state index in [4.69, 9.17) is 12.2 Å². The van der Waals surface area contributed by atoms with Gasteiger partial charge in [0.15, 0.2) is 0 Å². The van der Waals surface area contributed by atoms with Crippen LogP contribution in [0.2, 0.25) is 0 Å². The van der Waals surface area contributed by atoms with Crippen molar-refractivity contribution in [1.82, 2.24) is 0 Å². The van der Waals surface area contributed by atoms with Gasteiger partial charge < -0.3 is 0 Å². The van der Waals surface area contributed by atoms with Gasteiger partial charge in [0.2, 0.25) is 0 Å². The van der Waals surface area contributed by atoms with Crippen LogP contribution in [0.5, 0.6) is 0 Å². The topological polar surface area (TPSA) is 12.4 Å². The summed E-state index contributed by atoms with van der Waals surface area (Å²) < 4.78 is 0. The van der Waals surface area contributed by atoms with E-state index >= 15 is 0 Å². The van der Waals surface area contributed by atoms with Crippen molar-refractivity contribution in [2.45, 2.75) is 96.8 Å². The lowest BCUT2D eigenvalue weighted by Gasteiger charge is -2.54. The molecular weight excluding hydrogens is 406 g/mol. The molecular formula is C30H39NS. The van der Waals surface area contributed by atoms with Crippen molar-refractivity contribution in [3.63, 3.8) is 0 Å². The first-order valence-corrected chi connectivity index (χ1v) is 13.3. The SMILES string of the molecule is CCCCCCCC12CCC(CCc3ccccc3-c3ccc(N=C=S)cc3)(CC1)CC2. The van der Waals surface area contributed by atoms with E-state index in [9.17, 15) is 0 Å². The predicted molar refractivity (Wildman–Crippen MR) is 141 cm³/mol. The van der Waals surface area contributed by atoms with Crippen molar-refractivity contribution in [1.29, 1.82) is 0 Å². The Morgan fingerprint density at radius 3 is 2.06 bits per heavy atom. The molecule has 0 heterocycles. The van der Waals surface area contributed by atoms with E-state index in [1.807, 2.05) is 12.1 Å². The fourth-order valence-electron chi connectivity index (χ4n) is 6.38. The second kappa shape index (κ2) is 10.9. The number of rotatable bonds is 11. The van der Waals surface area contributed by atoms with Crippen LogP contribution in [0.3, 0.4) is 0 Å². The Balaban J connectivity index is 1.35. The smallest absolute Gasteiger partial charge is 0.0739 e. The van der Waals surface area contributed by atoms with Crippen LogP contribution in [0.15, 0.2) is 53.5 Å². The third kappa shape index (κ3) is 5.59. The van der Waals surface area contributed by atoms with E-state index in [0.29, 0.717) is 10.8 Å². The molecule has 0 saturated heterocycles. The first-order chi connectivity index (χ1) is 15.7. The highest BCUT2D eigenvalue weighted by molar-refractivity contribution is 7.78. The molecule has 3 fully saturated rings. The van der Waals surface area contributed by atoms with Gasteiger partial charge in [0.25, 0.3) is 0 Å². The molecule has 0 unspecified atom stereocenters. The summed E-state index contributed by atoms with van der Waals surface area (Å²) in [4.78, 5) is 4.09. The summed E-state index contributed by atoms with van der Waals surface area (Å²) >= 11 is 4.73. The second-order valence-corrected chi connectivity index (χ2v) is 10.8. The van der Waals surface area contributed by atoms with Gasteiger partial charge in [-0.1, -0.05) is 75.4 Å². The first-order valence-electron chi connectivity index (χ1n) is 12.9. The van der Waals surface area contributed by atoms with Crippen LogP contribution in [-0.2, 0) is 6.42 Å². The molecule has 0 N–H and O–H groups in total. The number of nitrogens with zero attached hydrogens (tertiary/aromatic N) is 1. The first kappa shape index (κ1) is 23.4. The number of hydrogen-bond acceptors (Lipinski definition) is 2. The van der Waals surface area contributed by atoms with Crippen molar-refractivity contribution < 1.29 is 0 Å². The molecule has 3 aliphatic rings. The molecule has 0 aliphatic heterocycles. The number of hydrogen-bond donors (Lipinski definition) is 0. The molecule has 0 aromatic heterocycles. The Bertz CT molecular complexity index is 898. The Morgan fingerprint density at radius 1 is 0.781 bits per heavy atom. The van der Waals surface area contributed by atoms with Gasteiger partial charge in [-0.2, -0.15) is 4.99 Å². The van der Waals surface area contributed by atoms with Crippen molar-refractivity contribution in [3.05, 3.63) is 54.1 Å². The zero-order valence-electron chi connectivity index (χ0n) is 19.9. The van der Waals surface area contributed by atoms with Gasteiger partial charge >= 0.3 is 0 Å². The van der Waals surface area contributed by atoms with Gasteiger partial charge in [-0.25, -0.2) is 0 Å². The molecule has 170 valence electrons. The highest BCUT2D eigenvalue weighted by atomic mass is 32.1. The maximum absolute atomic E-state index is 4.73. The molecule has 3 aliphatic carbocycles. The van der Waals surface area contributed by atoms with E-state index in [1.54, 1.807) is 0 Å². The maximum Gasteiger partial charge on any atom is 0.0739 e. The minimum absolute atomic E-state index is 0.606. The molecule has 0 radical (unpaired) electrons. The summed E-state index contributed by atoms with van der Waals surface area (Å²) in [7, 11) is 0. The van der Waals surface area contributed by atoms with Crippen LogP contribution in [0.1, 0.15) is 96.0 Å². The molecule has 2 heteroatoms. The Hall–Kier alpha value is -1.76. The van der Waals surface area contributed by atoms with E-state index in [0.717, 1.165) is 5.69 Å². The number of thiocarbonyl (C=S) groups is 1. The standard InChI is InChI=1S/C30H39NS/c1-2-3-4-5-8-16-29-18-21-30(22-19-29,23-20-29)17-15-25-9-6-7-10-28(25)26-11-13-27(14-12-26)31-24-32/h6-7,9-14H,2-5,8,15-23H2,1H3. The Morgan fingerprint density at radius 2 is 1.41 bits per heavy atom. The molecule has 1 nitrogen and oxygen atoms in total. The summed E-state index contributed by atoms with van der Waals surface area (Å²) in [6, 6.07) is 17.4. The van der Waals surface area contributed by atoms with Crippen LogP contribution in [0.25, 0.3) is 11.1 Å². The van der Waals surface area contributed by atoms with Gasteiger partial charge in [-0.3, -0.25) is 0 Å². The average Bonchev–Trinajstić information content (AvgIpc) is 2.85. The summed E-state index contributed by atoms with van der Waals surface area (Å²) in [5.74, 6) is 0. The van der Waals surface area contributed by atoms with E-state index in [1.165, 1.54) is 107 Å².